The molecule has 2 aromatic carbocycles. The van der Waals surface area contributed by atoms with Crippen LogP contribution in [0.5, 0.6) is 5.75 Å². The van der Waals surface area contributed by atoms with Gasteiger partial charge in [0.2, 0.25) is 0 Å². The van der Waals surface area contributed by atoms with E-state index in [1.807, 2.05) is 0 Å². The van der Waals surface area contributed by atoms with E-state index in [-0.39, 0.29) is 11.7 Å². The van der Waals surface area contributed by atoms with Crippen molar-refractivity contribution in [1.29, 1.82) is 0 Å². The minimum absolute atomic E-state index is 0.130. The molecule has 0 unspecified atom stereocenters. The van der Waals surface area contributed by atoms with Crippen LogP contribution >= 0.6 is 0 Å². The van der Waals surface area contributed by atoms with Gasteiger partial charge in [0.1, 0.15) is 24.0 Å². The molecule has 1 aliphatic heterocycles. The fourth-order valence-electron chi connectivity index (χ4n) is 2.47. The summed E-state index contributed by atoms with van der Waals surface area (Å²) in [7, 11) is 0. The first-order valence-electron chi connectivity index (χ1n) is 7.73. The van der Waals surface area contributed by atoms with E-state index in [2.05, 4.69) is 5.32 Å². The quantitative estimate of drug-likeness (QED) is 0.906. The number of anilines is 1. The highest BCUT2D eigenvalue weighted by Crippen LogP contribution is 2.19. The normalized spacial score (nSPS) is 16.8. The Morgan fingerprint density at radius 2 is 2.00 bits per heavy atom. The Hall–Kier alpha value is -2.47. The van der Waals surface area contributed by atoms with Crippen molar-refractivity contribution in [3.05, 3.63) is 59.7 Å². The number of hydrogen-bond acceptors (Lipinski definition) is 3. The zero-order valence-electron chi connectivity index (χ0n) is 12.9. The number of halogens is 2. The maximum absolute atomic E-state index is 13.6. The largest absolute Gasteiger partial charge is 0.491 e. The molecule has 0 aromatic heterocycles. The Balaban J connectivity index is 1.58. The third-order valence-corrected chi connectivity index (χ3v) is 3.75. The lowest BCUT2D eigenvalue weighted by atomic mass is 10.2. The monoisotopic (exact) mass is 333 g/mol. The third kappa shape index (κ3) is 4.08. The van der Waals surface area contributed by atoms with E-state index in [1.54, 1.807) is 24.3 Å². The predicted octanol–water partition coefficient (Wildman–Crippen LogP) is 3.77. The van der Waals surface area contributed by atoms with Gasteiger partial charge in [-0.3, -0.25) is 4.79 Å². The highest BCUT2D eigenvalue weighted by atomic mass is 19.1. The first-order chi connectivity index (χ1) is 11.6. The average Bonchev–Trinajstić information content (AvgIpc) is 3.07. The van der Waals surface area contributed by atoms with E-state index < -0.39 is 17.5 Å². The van der Waals surface area contributed by atoms with E-state index in [9.17, 15) is 13.6 Å². The lowest BCUT2D eigenvalue weighted by Crippen LogP contribution is -2.16. The van der Waals surface area contributed by atoms with Crippen LogP contribution in [0.3, 0.4) is 0 Å². The van der Waals surface area contributed by atoms with Crippen molar-refractivity contribution in [3.8, 4) is 5.75 Å². The smallest absolute Gasteiger partial charge is 0.258 e. The highest BCUT2D eigenvalue weighted by molar-refractivity contribution is 6.04. The fourth-order valence-corrected chi connectivity index (χ4v) is 2.47. The molecule has 0 saturated carbocycles. The molecule has 1 heterocycles. The number of carbonyl (C=O) groups excluding carboxylic acids is 1. The van der Waals surface area contributed by atoms with Crippen LogP contribution in [0.4, 0.5) is 14.5 Å². The summed E-state index contributed by atoms with van der Waals surface area (Å²) >= 11 is 0. The second-order valence-corrected chi connectivity index (χ2v) is 5.55. The standard InChI is InChI=1S/C18H17F2NO3/c19-12-3-8-16(17(20)10-12)18(22)21-13-4-6-14(7-5-13)24-11-15-2-1-9-23-15/h3-8,10,15H,1-2,9,11H2,(H,21,22)/t15-/m0/s1. The first-order valence-corrected chi connectivity index (χ1v) is 7.73. The summed E-state index contributed by atoms with van der Waals surface area (Å²) in [5.41, 5.74) is 0.281. The molecule has 0 radical (unpaired) electrons. The summed E-state index contributed by atoms with van der Waals surface area (Å²) in [6, 6.07) is 9.57. The van der Waals surface area contributed by atoms with Gasteiger partial charge in [0, 0.05) is 18.4 Å². The Bertz CT molecular complexity index is 713. The molecule has 1 atom stereocenters. The maximum Gasteiger partial charge on any atom is 0.258 e. The minimum atomic E-state index is -0.899. The van der Waals surface area contributed by atoms with Crippen molar-refractivity contribution in [2.45, 2.75) is 18.9 Å². The second kappa shape index (κ2) is 7.40. The van der Waals surface area contributed by atoms with Gasteiger partial charge in [0.25, 0.3) is 5.91 Å². The summed E-state index contributed by atoms with van der Waals surface area (Å²) in [5.74, 6) is -1.60. The summed E-state index contributed by atoms with van der Waals surface area (Å²) < 4.78 is 37.6. The number of ether oxygens (including phenoxy) is 2. The van der Waals surface area contributed by atoms with Gasteiger partial charge < -0.3 is 14.8 Å². The van der Waals surface area contributed by atoms with Crippen LogP contribution in [0.15, 0.2) is 42.5 Å². The molecule has 1 N–H and O–H groups in total. The van der Waals surface area contributed by atoms with Crippen LogP contribution in [0.2, 0.25) is 0 Å². The van der Waals surface area contributed by atoms with Crippen molar-refractivity contribution >= 4 is 11.6 Å². The summed E-state index contributed by atoms with van der Waals surface area (Å²) in [6.45, 7) is 1.27. The number of nitrogens with one attached hydrogen (secondary N) is 1. The lowest BCUT2D eigenvalue weighted by molar-refractivity contribution is 0.0679. The molecule has 1 amide bonds. The van der Waals surface area contributed by atoms with Crippen molar-refractivity contribution in [2.75, 3.05) is 18.5 Å². The molecule has 4 nitrogen and oxygen atoms in total. The number of rotatable bonds is 5. The van der Waals surface area contributed by atoms with E-state index in [4.69, 9.17) is 9.47 Å². The number of hydrogen-bond donors (Lipinski definition) is 1. The maximum atomic E-state index is 13.6. The van der Waals surface area contributed by atoms with Gasteiger partial charge in [-0.25, -0.2) is 8.78 Å². The third-order valence-electron chi connectivity index (χ3n) is 3.75. The molecular weight excluding hydrogens is 316 g/mol. The minimum Gasteiger partial charge on any atom is -0.491 e. The Labute approximate surface area is 138 Å². The highest BCUT2D eigenvalue weighted by Gasteiger charge is 2.16. The molecule has 126 valence electrons. The van der Waals surface area contributed by atoms with Gasteiger partial charge in [-0.1, -0.05) is 0 Å². The zero-order chi connectivity index (χ0) is 16.9. The second-order valence-electron chi connectivity index (χ2n) is 5.55. The van der Waals surface area contributed by atoms with Crippen LogP contribution in [0, 0.1) is 11.6 Å². The summed E-state index contributed by atoms with van der Waals surface area (Å²) in [5, 5.41) is 2.56. The Kier molecular flexibility index (Phi) is 5.05. The lowest BCUT2D eigenvalue weighted by Gasteiger charge is -2.12. The van der Waals surface area contributed by atoms with Gasteiger partial charge >= 0.3 is 0 Å². The molecule has 6 heteroatoms. The first kappa shape index (κ1) is 16.4. The van der Waals surface area contributed by atoms with E-state index >= 15 is 0 Å². The van der Waals surface area contributed by atoms with Gasteiger partial charge in [0.15, 0.2) is 0 Å². The molecule has 0 bridgehead atoms. The number of carbonyl (C=O) groups is 1. The van der Waals surface area contributed by atoms with E-state index in [1.165, 1.54) is 0 Å². The fraction of sp³-hybridized carbons (Fsp3) is 0.278. The molecule has 24 heavy (non-hydrogen) atoms. The van der Waals surface area contributed by atoms with Crippen LogP contribution < -0.4 is 10.1 Å². The summed E-state index contributed by atoms with van der Waals surface area (Å²) in [6.07, 6.45) is 2.18. The molecule has 0 aliphatic carbocycles. The van der Waals surface area contributed by atoms with Crippen molar-refractivity contribution < 1.29 is 23.0 Å². The summed E-state index contributed by atoms with van der Waals surface area (Å²) in [4.78, 5) is 12.0. The van der Waals surface area contributed by atoms with Crippen molar-refractivity contribution in [3.63, 3.8) is 0 Å². The number of amides is 1. The van der Waals surface area contributed by atoms with E-state index in [0.717, 1.165) is 31.6 Å². The van der Waals surface area contributed by atoms with E-state index in [0.29, 0.717) is 24.1 Å². The zero-order valence-corrected chi connectivity index (χ0v) is 12.9. The van der Waals surface area contributed by atoms with Gasteiger partial charge in [0.05, 0.1) is 11.7 Å². The van der Waals surface area contributed by atoms with Gasteiger partial charge in [-0.15, -0.1) is 0 Å². The van der Waals surface area contributed by atoms with Crippen LogP contribution in [-0.2, 0) is 4.74 Å². The van der Waals surface area contributed by atoms with Crippen molar-refractivity contribution in [1.82, 2.24) is 0 Å². The van der Waals surface area contributed by atoms with Crippen LogP contribution in [0.1, 0.15) is 23.2 Å². The molecule has 1 saturated heterocycles. The SMILES string of the molecule is O=C(Nc1ccc(OC[C@@H]2CCCO2)cc1)c1ccc(F)cc1F. The van der Waals surface area contributed by atoms with Crippen LogP contribution in [0.25, 0.3) is 0 Å². The molecule has 0 spiro atoms. The molecule has 2 aromatic rings. The predicted molar refractivity (Wildman–Crippen MR) is 85.2 cm³/mol. The Morgan fingerprint density at radius 1 is 1.21 bits per heavy atom. The molecular formula is C18H17F2NO3. The van der Waals surface area contributed by atoms with Crippen molar-refractivity contribution in [2.24, 2.45) is 0 Å². The number of benzene rings is 2. The molecule has 1 fully saturated rings. The van der Waals surface area contributed by atoms with Gasteiger partial charge in [-0.2, -0.15) is 0 Å². The molecule has 1 aliphatic rings. The topological polar surface area (TPSA) is 47.6 Å². The van der Waals surface area contributed by atoms with Gasteiger partial charge in [-0.05, 0) is 49.2 Å². The average molecular weight is 333 g/mol. The van der Waals surface area contributed by atoms with Crippen LogP contribution in [-0.4, -0.2) is 25.2 Å². The Morgan fingerprint density at radius 3 is 2.67 bits per heavy atom. The molecule has 3 rings (SSSR count).